The molecule has 0 spiro atoms. The summed E-state index contributed by atoms with van der Waals surface area (Å²) in [5.74, 6) is 0.00855. The van der Waals surface area contributed by atoms with E-state index >= 15 is 0 Å². The molecule has 1 aliphatic heterocycles. The van der Waals surface area contributed by atoms with Crippen molar-refractivity contribution in [1.29, 1.82) is 0 Å². The number of aryl methyl sites for hydroxylation is 3. The molecule has 1 amide bonds. The molecule has 28 heavy (non-hydrogen) atoms. The van der Waals surface area contributed by atoms with Crippen LogP contribution in [-0.2, 0) is 13.5 Å². The summed E-state index contributed by atoms with van der Waals surface area (Å²) in [6.45, 7) is 5.98. The Morgan fingerprint density at radius 1 is 1.29 bits per heavy atom. The Bertz CT molecular complexity index is 980. The van der Waals surface area contributed by atoms with Crippen LogP contribution >= 0.6 is 11.3 Å². The number of aromatic nitrogens is 3. The fourth-order valence-corrected chi connectivity index (χ4v) is 4.85. The lowest BCUT2D eigenvalue weighted by Crippen LogP contribution is -2.45. The second-order valence-electron chi connectivity index (χ2n) is 7.58. The fraction of sp³-hybridized carbons (Fsp3) is 0.476. The molecule has 0 saturated carbocycles. The molecule has 1 fully saturated rings. The number of carbonyl (C=O) groups excluding carboxylic acids is 1. The number of fused-ring (bicyclic) bond motifs is 1. The van der Waals surface area contributed by atoms with Gasteiger partial charge in [-0.1, -0.05) is 24.3 Å². The Labute approximate surface area is 169 Å². The Hall–Kier alpha value is -2.41. The molecule has 3 aromatic rings. The van der Waals surface area contributed by atoms with Crippen molar-refractivity contribution < 1.29 is 4.79 Å². The van der Waals surface area contributed by atoms with Crippen molar-refractivity contribution in [2.24, 2.45) is 7.05 Å². The van der Waals surface area contributed by atoms with Crippen LogP contribution in [0.3, 0.4) is 0 Å². The molecular formula is C21H27N5OS. The molecule has 0 aliphatic carbocycles. The van der Waals surface area contributed by atoms with Crippen molar-refractivity contribution in [3.8, 4) is 0 Å². The summed E-state index contributed by atoms with van der Waals surface area (Å²) in [4.78, 5) is 21.8. The molecule has 1 aromatic carbocycles. The summed E-state index contributed by atoms with van der Waals surface area (Å²) >= 11 is 1.77. The van der Waals surface area contributed by atoms with E-state index in [2.05, 4.69) is 35.1 Å². The number of benzene rings is 1. The zero-order chi connectivity index (χ0) is 19.8. The van der Waals surface area contributed by atoms with Crippen LogP contribution in [0.2, 0.25) is 0 Å². The van der Waals surface area contributed by atoms with Gasteiger partial charge in [-0.15, -0.1) is 0 Å². The van der Waals surface area contributed by atoms with E-state index in [9.17, 15) is 4.79 Å². The zero-order valence-corrected chi connectivity index (χ0v) is 17.8. The number of rotatable bonds is 4. The number of piperidine rings is 1. The fourth-order valence-electron chi connectivity index (χ4n) is 3.77. The van der Waals surface area contributed by atoms with Gasteiger partial charge in [0.25, 0.3) is 5.91 Å². The largest absolute Gasteiger partial charge is 0.348 e. The second kappa shape index (κ2) is 7.54. The number of thiazole rings is 1. The minimum absolute atomic E-state index is 0.00855. The van der Waals surface area contributed by atoms with Gasteiger partial charge in [0.2, 0.25) is 0 Å². The van der Waals surface area contributed by atoms with Crippen molar-refractivity contribution in [1.82, 2.24) is 19.7 Å². The molecule has 2 aromatic heterocycles. The van der Waals surface area contributed by atoms with E-state index in [0.29, 0.717) is 5.69 Å². The van der Waals surface area contributed by atoms with Gasteiger partial charge < -0.3 is 9.80 Å². The molecule has 0 unspecified atom stereocenters. The highest BCUT2D eigenvalue weighted by Crippen LogP contribution is 2.32. The summed E-state index contributed by atoms with van der Waals surface area (Å²) in [6, 6.07) is 8.65. The number of hydrogen-bond donors (Lipinski definition) is 0. The Kier molecular flexibility index (Phi) is 5.10. The molecular weight excluding hydrogens is 370 g/mol. The van der Waals surface area contributed by atoms with Crippen LogP contribution in [0.15, 0.2) is 24.3 Å². The molecule has 0 bridgehead atoms. The molecule has 4 rings (SSSR count). The summed E-state index contributed by atoms with van der Waals surface area (Å²) in [7, 11) is 3.77. The number of anilines is 1. The van der Waals surface area contributed by atoms with Crippen LogP contribution in [0.25, 0.3) is 10.2 Å². The van der Waals surface area contributed by atoms with Crippen LogP contribution in [-0.4, -0.2) is 51.8 Å². The maximum Gasteiger partial charge on any atom is 0.274 e. The topological polar surface area (TPSA) is 54.3 Å². The Balaban J connectivity index is 1.42. The highest BCUT2D eigenvalue weighted by atomic mass is 32.1. The van der Waals surface area contributed by atoms with E-state index in [1.807, 2.05) is 32.0 Å². The first-order valence-corrected chi connectivity index (χ1v) is 10.7. The van der Waals surface area contributed by atoms with Gasteiger partial charge in [0.05, 0.1) is 10.2 Å². The van der Waals surface area contributed by atoms with E-state index in [0.717, 1.165) is 48.7 Å². The van der Waals surface area contributed by atoms with E-state index in [-0.39, 0.29) is 11.9 Å². The van der Waals surface area contributed by atoms with Crippen molar-refractivity contribution >= 4 is 32.6 Å². The first kappa shape index (κ1) is 18.9. The van der Waals surface area contributed by atoms with Crippen LogP contribution in [0.1, 0.15) is 41.5 Å². The third-order valence-electron chi connectivity index (χ3n) is 5.79. The van der Waals surface area contributed by atoms with Crippen LogP contribution in [0, 0.1) is 6.92 Å². The summed E-state index contributed by atoms with van der Waals surface area (Å²) in [5, 5.41) is 5.43. The van der Waals surface area contributed by atoms with Gasteiger partial charge in [0, 0.05) is 38.9 Å². The number of carbonyl (C=O) groups is 1. The normalized spacial score (nSPS) is 15.4. The average Bonchev–Trinajstić information content (AvgIpc) is 3.29. The Morgan fingerprint density at radius 3 is 2.68 bits per heavy atom. The Morgan fingerprint density at radius 2 is 2.04 bits per heavy atom. The van der Waals surface area contributed by atoms with Gasteiger partial charge in [0.1, 0.15) is 0 Å². The van der Waals surface area contributed by atoms with Gasteiger partial charge >= 0.3 is 0 Å². The second-order valence-corrected chi connectivity index (χ2v) is 8.59. The van der Waals surface area contributed by atoms with Gasteiger partial charge in [-0.3, -0.25) is 9.48 Å². The lowest BCUT2D eigenvalue weighted by Gasteiger charge is -2.36. The minimum atomic E-state index is 0.00855. The molecule has 6 nitrogen and oxygen atoms in total. The molecule has 7 heteroatoms. The van der Waals surface area contributed by atoms with Crippen LogP contribution in [0.4, 0.5) is 5.13 Å². The van der Waals surface area contributed by atoms with Crippen LogP contribution < -0.4 is 4.90 Å². The zero-order valence-electron chi connectivity index (χ0n) is 17.0. The SMILES string of the molecule is CCc1ccc2nc(N3CCC(N(C)C(=O)c4cc(C)n(C)n4)CC3)sc2c1. The van der Waals surface area contributed by atoms with E-state index < -0.39 is 0 Å². The molecule has 0 radical (unpaired) electrons. The van der Waals surface area contributed by atoms with Gasteiger partial charge in [-0.25, -0.2) is 4.98 Å². The molecule has 0 atom stereocenters. The molecule has 1 saturated heterocycles. The first-order chi connectivity index (χ1) is 13.5. The highest BCUT2D eigenvalue weighted by Gasteiger charge is 2.28. The van der Waals surface area contributed by atoms with E-state index in [1.165, 1.54) is 10.3 Å². The van der Waals surface area contributed by atoms with Crippen molar-refractivity contribution in [3.63, 3.8) is 0 Å². The van der Waals surface area contributed by atoms with Gasteiger partial charge in [0.15, 0.2) is 10.8 Å². The lowest BCUT2D eigenvalue weighted by molar-refractivity contribution is 0.0702. The predicted octanol–water partition coefficient (Wildman–Crippen LogP) is 3.64. The van der Waals surface area contributed by atoms with Gasteiger partial charge in [-0.05, 0) is 49.9 Å². The number of amides is 1. The van der Waals surface area contributed by atoms with Gasteiger partial charge in [-0.2, -0.15) is 5.10 Å². The van der Waals surface area contributed by atoms with Crippen molar-refractivity contribution in [3.05, 3.63) is 41.2 Å². The molecule has 1 aliphatic rings. The monoisotopic (exact) mass is 397 g/mol. The summed E-state index contributed by atoms with van der Waals surface area (Å²) < 4.78 is 3.01. The van der Waals surface area contributed by atoms with Crippen molar-refractivity contribution in [2.75, 3.05) is 25.0 Å². The van der Waals surface area contributed by atoms with E-state index in [4.69, 9.17) is 4.98 Å². The maximum absolute atomic E-state index is 12.8. The van der Waals surface area contributed by atoms with Crippen LogP contribution in [0.5, 0.6) is 0 Å². The summed E-state index contributed by atoms with van der Waals surface area (Å²) in [6.07, 6.45) is 2.94. The predicted molar refractivity (Wildman–Crippen MR) is 114 cm³/mol. The van der Waals surface area contributed by atoms with E-state index in [1.54, 1.807) is 16.0 Å². The highest BCUT2D eigenvalue weighted by molar-refractivity contribution is 7.22. The quantitative estimate of drug-likeness (QED) is 0.674. The first-order valence-electron chi connectivity index (χ1n) is 9.88. The minimum Gasteiger partial charge on any atom is -0.348 e. The molecule has 148 valence electrons. The standard InChI is InChI=1S/C21H27N5OS/c1-5-15-6-7-17-19(13-15)28-21(22-17)26-10-8-16(9-11-26)24(3)20(27)18-12-14(2)25(4)23-18/h6-7,12-13,16H,5,8-11H2,1-4H3. The number of nitrogens with zero attached hydrogens (tertiary/aromatic N) is 5. The third-order valence-corrected chi connectivity index (χ3v) is 6.86. The van der Waals surface area contributed by atoms with Crippen molar-refractivity contribution in [2.45, 2.75) is 39.2 Å². The lowest BCUT2D eigenvalue weighted by atomic mass is 10.0. The maximum atomic E-state index is 12.8. The average molecular weight is 398 g/mol. The molecule has 0 N–H and O–H groups in total. The molecule has 3 heterocycles. The smallest absolute Gasteiger partial charge is 0.274 e. The number of hydrogen-bond acceptors (Lipinski definition) is 5. The summed E-state index contributed by atoms with van der Waals surface area (Å²) in [5.41, 5.74) is 3.96. The third kappa shape index (κ3) is 3.51.